The Morgan fingerprint density at radius 3 is 2.76 bits per heavy atom. The van der Waals surface area contributed by atoms with Crippen LogP contribution in [0, 0.1) is 0 Å². The molecule has 0 unspecified atom stereocenters. The molecule has 1 saturated heterocycles. The lowest BCUT2D eigenvalue weighted by molar-refractivity contribution is -0.139. The van der Waals surface area contributed by atoms with E-state index in [9.17, 15) is 4.79 Å². The highest BCUT2D eigenvalue weighted by atomic mass is 16.7. The molecule has 3 rings (SSSR count). The number of benzene rings is 1. The van der Waals surface area contributed by atoms with Crippen LogP contribution in [-0.2, 0) is 16.1 Å². The number of ether oxygens (including phenoxy) is 3. The van der Waals surface area contributed by atoms with Gasteiger partial charge >= 0.3 is 0 Å². The highest BCUT2D eigenvalue weighted by molar-refractivity contribution is 5.86. The molecule has 2 aliphatic heterocycles. The van der Waals surface area contributed by atoms with Crippen molar-refractivity contribution in [3.63, 3.8) is 0 Å². The molecule has 0 bridgehead atoms. The number of nitrogens with zero attached hydrogens (tertiary/aromatic N) is 1. The first kappa shape index (κ1) is 14.2. The maximum atomic E-state index is 12.5. The number of carbonyl (C=O) groups excluding carboxylic acids is 1. The van der Waals surface area contributed by atoms with Crippen LogP contribution in [0.3, 0.4) is 0 Å². The lowest BCUT2D eigenvalue weighted by Gasteiger charge is -2.35. The van der Waals surface area contributed by atoms with Crippen LogP contribution < -0.4 is 15.2 Å². The van der Waals surface area contributed by atoms with Crippen molar-refractivity contribution >= 4 is 5.91 Å². The predicted octanol–water partition coefficient (Wildman–Crippen LogP) is 0.882. The number of fused-ring (bicyclic) bond motifs is 1. The van der Waals surface area contributed by atoms with Crippen molar-refractivity contribution in [2.45, 2.75) is 24.9 Å². The van der Waals surface area contributed by atoms with E-state index in [0.29, 0.717) is 32.6 Å². The van der Waals surface area contributed by atoms with Crippen molar-refractivity contribution in [2.75, 3.05) is 27.1 Å². The topological polar surface area (TPSA) is 74.0 Å². The van der Waals surface area contributed by atoms with Gasteiger partial charge in [0.15, 0.2) is 11.5 Å². The molecular weight excluding hydrogens is 272 g/mol. The molecule has 1 amide bonds. The van der Waals surface area contributed by atoms with E-state index < -0.39 is 5.54 Å². The second kappa shape index (κ2) is 5.54. The molecule has 0 spiro atoms. The smallest absolute Gasteiger partial charge is 0.242 e. The van der Waals surface area contributed by atoms with Crippen LogP contribution in [0.1, 0.15) is 18.4 Å². The third kappa shape index (κ3) is 2.82. The normalized spacial score (nSPS) is 19.3. The van der Waals surface area contributed by atoms with Crippen LogP contribution in [0.25, 0.3) is 0 Å². The highest BCUT2D eigenvalue weighted by Gasteiger charge is 2.37. The number of nitrogens with two attached hydrogens (primary N) is 1. The van der Waals surface area contributed by atoms with E-state index in [1.807, 2.05) is 18.2 Å². The first-order chi connectivity index (χ1) is 10.1. The Balaban J connectivity index is 1.68. The van der Waals surface area contributed by atoms with Gasteiger partial charge in [-0.3, -0.25) is 4.79 Å². The van der Waals surface area contributed by atoms with Gasteiger partial charge in [0.05, 0.1) is 5.54 Å². The Hall–Kier alpha value is -1.79. The van der Waals surface area contributed by atoms with Gasteiger partial charge in [-0.05, 0) is 30.5 Å². The summed E-state index contributed by atoms with van der Waals surface area (Å²) in [4.78, 5) is 14.2. The van der Waals surface area contributed by atoms with Gasteiger partial charge in [-0.1, -0.05) is 6.07 Å². The lowest BCUT2D eigenvalue weighted by atomic mass is 9.89. The third-order valence-electron chi connectivity index (χ3n) is 4.01. The van der Waals surface area contributed by atoms with Crippen LogP contribution >= 0.6 is 0 Å². The van der Waals surface area contributed by atoms with Crippen molar-refractivity contribution in [3.8, 4) is 11.5 Å². The van der Waals surface area contributed by atoms with Gasteiger partial charge in [-0.15, -0.1) is 0 Å². The Bertz CT molecular complexity index is 540. The molecule has 0 aromatic heterocycles. The number of amides is 1. The molecule has 0 aliphatic carbocycles. The summed E-state index contributed by atoms with van der Waals surface area (Å²) in [6.07, 6.45) is 1.13. The fourth-order valence-corrected chi connectivity index (χ4v) is 2.71. The third-order valence-corrected chi connectivity index (χ3v) is 4.01. The van der Waals surface area contributed by atoms with E-state index >= 15 is 0 Å². The molecule has 6 nitrogen and oxygen atoms in total. The largest absolute Gasteiger partial charge is 0.454 e. The maximum Gasteiger partial charge on any atom is 0.242 e. The molecule has 114 valence electrons. The Morgan fingerprint density at radius 2 is 2.00 bits per heavy atom. The summed E-state index contributed by atoms with van der Waals surface area (Å²) in [6, 6.07) is 5.70. The zero-order chi connectivity index (χ0) is 14.9. The van der Waals surface area contributed by atoms with E-state index in [1.54, 1.807) is 11.9 Å². The Labute approximate surface area is 123 Å². The molecule has 0 radical (unpaired) electrons. The minimum Gasteiger partial charge on any atom is -0.454 e. The summed E-state index contributed by atoms with van der Waals surface area (Å²) in [7, 11) is 1.77. The average Bonchev–Trinajstić information content (AvgIpc) is 2.94. The van der Waals surface area contributed by atoms with E-state index in [4.69, 9.17) is 19.9 Å². The van der Waals surface area contributed by atoms with Crippen molar-refractivity contribution in [1.82, 2.24) is 4.90 Å². The first-order valence-corrected chi connectivity index (χ1v) is 7.09. The molecule has 2 heterocycles. The summed E-state index contributed by atoms with van der Waals surface area (Å²) in [5.41, 5.74) is 6.42. The summed E-state index contributed by atoms with van der Waals surface area (Å²) in [6.45, 7) is 1.83. The van der Waals surface area contributed by atoms with E-state index in [0.717, 1.165) is 17.1 Å². The van der Waals surface area contributed by atoms with Crippen molar-refractivity contribution in [3.05, 3.63) is 23.8 Å². The van der Waals surface area contributed by atoms with Crippen LogP contribution in [0.15, 0.2) is 18.2 Å². The van der Waals surface area contributed by atoms with Crippen LogP contribution in [0.5, 0.6) is 11.5 Å². The predicted molar refractivity (Wildman–Crippen MR) is 76.0 cm³/mol. The van der Waals surface area contributed by atoms with Gasteiger partial charge in [0.25, 0.3) is 0 Å². The Kier molecular flexibility index (Phi) is 3.73. The molecule has 0 atom stereocenters. The van der Waals surface area contributed by atoms with Crippen molar-refractivity contribution in [2.24, 2.45) is 5.73 Å². The number of likely N-dealkylation sites (N-methyl/N-ethyl adjacent to an activating group) is 1. The highest BCUT2D eigenvalue weighted by Crippen LogP contribution is 2.33. The van der Waals surface area contributed by atoms with E-state index in [-0.39, 0.29) is 12.7 Å². The molecule has 6 heteroatoms. The van der Waals surface area contributed by atoms with Crippen LogP contribution in [0.4, 0.5) is 0 Å². The van der Waals surface area contributed by atoms with Crippen molar-refractivity contribution in [1.29, 1.82) is 0 Å². The lowest BCUT2D eigenvalue weighted by Crippen LogP contribution is -2.57. The van der Waals surface area contributed by atoms with Crippen LogP contribution in [0.2, 0.25) is 0 Å². The number of rotatable bonds is 3. The van der Waals surface area contributed by atoms with E-state index in [1.165, 1.54) is 0 Å². The minimum absolute atomic E-state index is 0.0385. The average molecular weight is 292 g/mol. The molecule has 0 saturated carbocycles. The SMILES string of the molecule is CN(Cc1ccc2c(c1)OCO2)C(=O)C1(N)CCOCC1. The van der Waals surface area contributed by atoms with Gasteiger partial charge in [0.1, 0.15) is 0 Å². The quantitative estimate of drug-likeness (QED) is 0.895. The van der Waals surface area contributed by atoms with Gasteiger partial charge in [0.2, 0.25) is 12.7 Å². The van der Waals surface area contributed by atoms with Crippen molar-refractivity contribution < 1.29 is 19.0 Å². The standard InChI is InChI=1S/C15H20N2O4/c1-17(14(18)15(16)4-6-19-7-5-15)9-11-2-3-12-13(8-11)21-10-20-12/h2-3,8H,4-7,9-10,16H2,1H3. The Morgan fingerprint density at radius 1 is 1.29 bits per heavy atom. The fourth-order valence-electron chi connectivity index (χ4n) is 2.71. The van der Waals surface area contributed by atoms with Crippen LogP contribution in [-0.4, -0.2) is 43.4 Å². The monoisotopic (exact) mass is 292 g/mol. The molecule has 1 fully saturated rings. The molecule has 2 aliphatic rings. The molecule has 1 aromatic carbocycles. The second-order valence-electron chi connectivity index (χ2n) is 5.62. The summed E-state index contributed by atoms with van der Waals surface area (Å²) >= 11 is 0. The maximum absolute atomic E-state index is 12.5. The summed E-state index contributed by atoms with van der Waals surface area (Å²) < 4.78 is 15.9. The van der Waals surface area contributed by atoms with Gasteiger partial charge in [-0.2, -0.15) is 0 Å². The summed E-state index contributed by atoms with van der Waals surface area (Å²) in [5.74, 6) is 1.43. The fraction of sp³-hybridized carbons (Fsp3) is 0.533. The number of carbonyl (C=O) groups is 1. The number of hydrogen-bond acceptors (Lipinski definition) is 5. The zero-order valence-corrected chi connectivity index (χ0v) is 12.1. The van der Waals surface area contributed by atoms with Gasteiger partial charge in [-0.25, -0.2) is 0 Å². The second-order valence-corrected chi connectivity index (χ2v) is 5.62. The molecule has 2 N–H and O–H groups in total. The molecule has 21 heavy (non-hydrogen) atoms. The zero-order valence-electron chi connectivity index (χ0n) is 12.1. The molecule has 1 aromatic rings. The first-order valence-electron chi connectivity index (χ1n) is 7.09. The minimum atomic E-state index is -0.802. The number of hydrogen-bond donors (Lipinski definition) is 1. The van der Waals surface area contributed by atoms with Gasteiger partial charge in [0, 0.05) is 26.8 Å². The van der Waals surface area contributed by atoms with Gasteiger partial charge < -0.3 is 24.8 Å². The summed E-state index contributed by atoms with van der Waals surface area (Å²) in [5, 5.41) is 0. The molecular formula is C15H20N2O4. The van der Waals surface area contributed by atoms with E-state index in [2.05, 4.69) is 0 Å².